The van der Waals surface area contributed by atoms with Crippen LogP contribution in [0, 0.1) is 5.41 Å². The van der Waals surface area contributed by atoms with Crippen LogP contribution in [0.5, 0.6) is 0 Å². The predicted octanol–water partition coefficient (Wildman–Crippen LogP) is 2.21. The van der Waals surface area contributed by atoms with Crippen LogP contribution in [0.25, 0.3) is 0 Å². The summed E-state index contributed by atoms with van der Waals surface area (Å²) in [6.45, 7) is 4.91. The molecule has 2 atom stereocenters. The van der Waals surface area contributed by atoms with E-state index in [4.69, 9.17) is 8.92 Å². The van der Waals surface area contributed by atoms with Crippen LogP contribution in [0.1, 0.15) is 20.3 Å². The van der Waals surface area contributed by atoms with Crippen molar-refractivity contribution in [1.29, 1.82) is 0 Å². The third-order valence-electron chi connectivity index (χ3n) is 3.61. The molecule has 1 aromatic carbocycles. The average Bonchev–Trinajstić information content (AvgIpc) is 2.37. The first-order valence-electron chi connectivity index (χ1n) is 6.04. The van der Waals surface area contributed by atoms with Crippen LogP contribution in [0.2, 0.25) is 0 Å². The molecule has 0 aliphatic carbocycles. The normalized spacial score (nSPS) is 27.8. The molecule has 2 unspecified atom stereocenters. The molecule has 0 aromatic heterocycles. The van der Waals surface area contributed by atoms with Crippen LogP contribution in [0.4, 0.5) is 0 Å². The van der Waals surface area contributed by atoms with Crippen molar-refractivity contribution in [3.8, 4) is 0 Å². The lowest BCUT2D eigenvalue weighted by molar-refractivity contribution is -0.190. The van der Waals surface area contributed by atoms with E-state index in [0.717, 1.165) is 6.42 Å². The van der Waals surface area contributed by atoms with Crippen molar-refractivity contribution in [2.24, 2.45) is 5.41 Å². The first-order valence-corrected chi connectivity index (χ1v) is 7.45. The molecule has 100 valence electrons. The molecule has 0 saturated carbocycles. The highest BCUT2D eigenvalue weighted by molar-refractivity contribution is 7.86. The van der Waals surface area contributed by atoms with Gasteiger partial charge in [-0.1, -0.05) is 32.0 Å². The number of rotatable bonds is 5. The molecule has 1 fully saturated rings. The van der Waals surface area contributed by atoms with E-state index in [1.165, 1.54) is 12.1 Å². The van der Waals surface area contributed by atoms with E-state index in [0.29, 0.717) is 6.61 Å². The molecule has 2 rings (SSSR count). The minimum atomic E-state index is -3.67. The quantitative estimate of drug-likeness (QED) is 0.770. The minimum Gasteiger partial charge on any atom is -0.374 e. The fourth-order valence-electron chi connectivity index (χ4n) is 1.87. The molecule has 5 heteroatoms. The number of benzene rings is 1. The second kappa shape index (κ2) is 4.99. The highest BCUT2D eigenvalue weighted by Crippen LogP contribution is 2.38. The second-order valence-corrected chi connectivity index (χ2v) is 6.47. The topological polar surface area (TPSA) is 52.6 Å². The summed E-state index contributed by atoms with van der Waals surface area (Å²) in [6, 6.07) is 8.16. The Morgan fingerprint density at radius 1 is 1.39 bits per heavy atom. The molecular formula is C13H18O4S. The molecule has 1 saturated heterocycles. The Labute approximate surface area is 108 Å². The van der Waals surface area contributed by atoms with Gasteiger partial charge < -0.3 is 4.74 Å². The molecule has 0 radical (unpaired) electrons. The Hall–Kier alpha value is -0.910. The van der Waals surface area contributed by atoms with Crippen molar-refractivity contribution in [3.05, 3.63) is 30.3 Å². The smallest absolute Gasteiger partial charge is 0.297 e. The molecule has 4 nitrogen and oxygen atoms in total. The summed E-state index contributed by atoms with van der Waals surface area (Å²) in [4.78, 5) is 0.183. The van der Waals surface area contributed by atoms with Crippen molar-refractivity contribution in [2.45, 2.75) is 31.3 Å². The van der Waals surface area contributed by atoms with E-state index in [1.54, 1.807) is 18.2 Å². The van der Waals surface area contributed by atoms with E-state index >= 15 is 0 Å². The van der Waals surface area contributed by atoms with Crippen molar-refractivity contribution in [3.63, 3.8) is 0 Å². The third-order valence-corrected chi connectivity index (χ3v) is 4.90. The van der Waals surface area contributed by atoms with Crippen LogP contribution in [-0.4, -0.2) is 27.7 Å². The third kappa shape index (κ3) is 2.58. The second-order valence-electron chi connectivity index (χ2n) is 4.86. The summed E-state index contributed by atoms with van der Waals surface area (Å²) in [5.74, 6) is 0. The highest BCUT2D eigenvalue weighted by Gasteiger charge is 2.43. The Balaban J connectivity index is 1.99. The fourth-order valence-corrected chi connectivity index (χ4v) is 2.80. The zero-order valence-corrected chi connectivity index (χ0v) is 11.4. The lowest BCUT2D eigenvalue weighted by atomic mass is 9.78. The lowest BCUT2D eigenvalue weighted by Crippen LogP contribution is -2.52. The predicted molar refractivity (Wildman–Crippen MR) is 67.7 cm³/mol. The highest BCUT2D eigenvalue weighted by atomic mass is 32.2. The van der Waals surface area contributed by atoms with Crippen molar-refractivity contribution < 1.29 is 17.3 Å². The number of hydrogen-bond donors (Lipinski definition) is 0. The van der Waals surface area contributed by atoms with Gasteiger partial charge in [0, 0.05) is 5.41 Å². The number of ether oxygens (including phenoxy) is 1. The van der Waals surface area contributed by atoms with Crippen LogP contribution in [-0.2, 0) is 19.0 Å². The Morgan fingerprint density at radius 2 is 2.06 bits per heavy atom. The van der Waals surface area contributed by atoms with E-state index in [9.17, 15) is 8.42 Å². The summed E-state index contributed by atoms with van der Waals surface area (Å²) in [5.41, 5.74) is 0.0339. The van der Waals surface area contributed by atoms with Gasteiger partial charge in [0.25, 0.3) is 10.1 Å². The van der Waals surface area contributed by atoms with Gasteiger partial charge in [0.15, 0.2) is 0 Å². The van der Waals surface area contributed by atoms with Gasteiger partial charge in [-0.25, -0.2) is 0 Å². The molecule has 1 heterocycles. The fraction of sp³-hybridized carbons (Fsp3) is 0.538. The first kappa shape index (κ1) is 13.5. The van der Waals surface area contributed by atoms with Gasteiger partial charge in [-0.2, -0.15) is 8.42 Å². The summed E-state index contributed by atoms with van der Waals surface area (Å²) in [6.07, 6.45) is 0.813. The SMILES string of the molecule is CCC1(C)COC1COS(=O)(=O)c1ccccc1. The van der Waals surface area contributed by atoms with E-state index < -0.39 is 10.1 Å². The average molecular weight is 270 g/mol. The molecular weight excluding hydrogens is 252 g/mol. The molecule has 0 spiro atoms. The summed E-state index contributed by atoms with van der Waals surface area (Å²) >= 11 is 0. The zero-order chi connectivity index (χ0) is 13.2. The molecule has 0 amide bonds. The van der Waals surface area contributed by atoms with Gasteiger partial charge in [-0.3, -0.25) is 4.18 Å². The molecule has 1 aliphatic heterocycles. The van der Waals surface area contributed by atoms with Gasteiger partial charge >= 0.3 is 0 Å². The lowest BCUT2D eigenvalue weighted by Gasteiger charge is -2.45. The van der Waals surface area contributed by atoms with Crippen molar-refractivity contribution in [1.82, 2.24) is 0 Å². The Kier molecular flexibility index (Phi) is 3.75. The van der Waals surface area contributed by atoms with Gasteiger partial charge in [-0.05, 0) is 18.6 Å². The largest absolute Gasteiger partial charge is 0.374 e. The van der Waals surface area contributed by atoms with Crippen molar-refractivity contribution >= 4 is 10.1 Å². The van der Waals surface area contributed by atoms with Crippen LogP contribution >= 0.6 is 0 Å². The van der Waals surface area contributed by atoms with E-state index in [1.807, 2.05) is 0 Å². The van der Waals surface area contributed by atoms with Gasteiger partial charge in [-0.15, -0.1) is 0 Å². The van der Waals surface area contributed by atoms with Crippen molar-refractivity contribution in [2.75, 3.05) is 13.2 Å². The van der Waals surface area contributed by atoms with Gasteiger partial charge in [0.2, 0.25) is 0 Å². The monoisotopic (exact) mass is 270 g/mol. The zero-order valence-electron chi connectivity index (χ0n) is 10.6. The maximum Gasteiger partial charge on any atom is 0.297 e. The van der Waals surface area contributed by atoms with E-state index in [2.05, 4.69) is 13.8 Å². The summed E-state index contributed by atoms with van der Waals surface area (Å²) in [5, 5.41) is 0. The van der Waals surface area contributed by atoms with Gasteiger partial charge in [0.1, 0.15) is 0 Å². The first-order chi connectivity index (χ1) is 8.48. The Morgan fingerprint density at radius 3 is 2.56 bits per heavy atom. The van der Waals surface area contributed by atoms with Crippen LogP contribution in [0.3, 0.4) is 0 Å². The Bertz CT molecular complexity index is 493. The molecule has 1 aliphatic rings. The molecule has 1 aromatic rings. The maximum atomic E-state index is 11.9. The maximum absolute atomic E-state index is 11.9. The number of hydrogen-bond acceptors (Lipinski definition) is 4. The van der Waals surface area contributed by atoms with Gasteiger partial charge in [0.05, 0.1) is 24.2 Å². The van der Waals surface area contributed by atoms with E-state index in [-0.39, 0.29) is 23.0 Å². The minimum absolute atomic E-state index is 0.0339. The standard InChI is InChI=1S/C13H18O4S/c1-3-13(2)10-16-12(13)9-17-18(14,15)11-7-5-4-6-8-11/h4-8,12H,3,9-10H2,1-2H3. The molecule has 18 heavy (non-hydrogen) atoms. The van der Waals surface area contributed by atoms with Crippen LogP contribution < -0.4 is 0 Å². The summed E-state index contributed by atoms with van der Waals surface area (Å²) < 4.78 is 34.2. The van der Waals surface area contributed by atoms with Crippen LogP contribution in [0.15, 0.2) is 35.2 Å². The molecule has 0 N–H and O–H groups in total. The summed E-state index contributed by atoms with van der Waals surface area (Å²) in [7, 11) is -3.67. The molecule has 0 bridgehead atoms.